The number of amides is 1. The van der Waals surface area contributed by atoms with E-state index in [2.05, 4.69) is 5.32 Å². The van der Waals surface area contributed by atoms with Gasteiger partial charge in [-0.2, -0.15) is 5.26 Å². The fourth-order valence-corrected chi connectivity index (χ4v) is 2.20. The van der Waals surface area contributed by atoms with E-state index in [1.54, 1.807) is 19.2 Å². The molecule has 1 saturated heterocycles. The van der Waals surface area contributed by atoms with Crippen LogP contribution in [-0.4, -0.2) is 32.3 Å². The van der Waals surface area contributed by atoms with Crippen molar-refractivity contribution in [2.75, 3.05) is 20.3 Å². The van der Waals surface area contributed by atoms with Crippen molar-refractivity contribution in [2.24, 2.45) is 0 Å². The second kappa shape index (κ2) is 7.46. The maximum absolute atomic E-state index is 12.0. The van der Waals surface area contributed by atoms with Gasteiger partial charge < -0.3 is 14.8 Å². The first-order valence-corrected chi connectivity index (χ1v) is 6.89. The minimum atomic E-state index is -0.390. The number of nitrogens with one attached hydrogen (secondary N) is 1. The normalized spacial score (nSPS) is 18.1. The summed E-state index contributed by atoms with van der Waals surface area (Å²) in [5.74, 6) is 0.232. The molecule has 1 atom stereocenters. The van der Waals surface area contributed by atoms with E-state index in [0.717, 1.165) is 19.4 Å². The topological polar surface area (TPSA) is 71.3 Å². The predicted octanol–water partition coefficient (Wildman–Crippen LogP) is 1.90. The average molecular weight is 286 g/mol. The van der Waals surface area contributed by atoms with Crippen molar-refractivity contribution < 1.29 is 14.3 Å². The van der Waals surface area contributed by atoms with Gasteiger partial charge in [0.1, 0.15) is 17.4 Å². The summed E-state index contributed by atoms with van der Waals surface area (Å²) >= 11 is 0. The molecule has 0 spiro atoms. The standard InChI is InChI=1S/C16H18N2O3/c1-20-15-7-3-2-5-12(15)9-13(10-17)16(19)18-11-14-6-4-8-21-14/h2-3,5,7,9,14H,4,6,8,11H2,1H3,(H,18,19)/b13-9+/t14-/m0/s1. The molecular weight excluding hydrogens is 268 g/mol. The fourth-order valence-electron chi connectivity index (χ4n) is 2.20. The molecule has 0 saturated carbocycles. The van der Waals surface area contributed by atoms with Crippen molar-refractivity contribution in [2.45, 2.75) is 18.9 Å². The lowest BCUT2D eigenvalue weighted by Gasteiger charge is -2.10. The molecule has 1 heterocycles. The highest BCUT2D eigenvalue weighted by atomic mass is 16.5. The molecule has 0 aliphatic carbocycles. The Morgan fingerprint density at radius 1 is 1.57 bits per heavy atom. The Balaban J connectivity index is 2.05. The number of carbonyl (C=O) groups excluding carboxylic acids is 1. The van der Waals surface area contributed by atoms with Crippen molar-refractivity contribution in [1.82, 2.24) is 5.32 Å². The molecule has 0 radical (unpaired) electrons. The highest BCUT2D eigenvalue weighted by Gasteiger charge is 2.17. The van der Waals surface area contributed by atoms with Gasteiger partial charge in [-0.15, -0.1) is 0 Å². The number of nitrogens with zero attached hydrogens (tertiary/aromatic N) is 1. The number of methoxy groups -OCH3 is 1. The largest absolute Gasteiger partial charge is 0.496 e. The van der Waals surface area contributed by atoms with Crippen LogP contribution in [0.3, 0.4) is 0 Å². The Kier molecular flexibility index (Phi) is 5.35. The van der Waals surface area contributed by atoms with Gasteiger partial charge in [0, 0.05) is 18.7 Å². The van der Waals surface area contributed by atoms with Gasteiger partial charge in [0.15, 0.2) is 0 Å². The Morgan fingerprint density at radius 3 is 3.05 bits per heavy atom. The van der Waals surface area contributed by atoms with Crippen molar-refractivity contribution in [3.05, 3.63) is 35.4 Å². The third kappa shape index (κ3) is 4.07. The maximum Gasteiger partial charge on any atom is 0.262 e. The summed E-state index contributed by atoms with van der Waals surface area (Å²) in [7, 11) is 1.55. The first kappa shape index (κ1) is 15.1. The van der Waals surface area contributed by atoms with Gasteiger partial charge in [0.2, 0.25) is 0 Å². The number of para-hydroxylation sites is 1. The van der Waals surface area contributed by atoms with E-state index in [1.807, 2.05) is 18.2 Å². The molecule has 1 fully saturated rings. The molecule has 21 heavy (non-hydrogen) atoms. The van der Waals surface area contributed by atoms with E-state index >= 15 is 0 Å². The van der Waals surface area contributed by atoms with Crippen LogP contribution in [-0.2, 0) is 9.53 Å². The summed E-state index contributed by atoms with van der Waals surface area (Å²) in [6.07, 6.45) is 3.55. The van der Waals surface area contributed by atoms with E-state index in [-0.39, 0.29) is 17.6 Å². The summed E-state index contributed by atoms with van der Waals surface area (Å²) in [4.78, 5) is 12.0. The molecule has 1 aromatic carbocycles. The van der Waals surface area contributed by atoms with E-state index in [1.165, 1.54) is 6.08 Å². The number of rotatable bonds is 5. The van der Waals surface area contributed by atoms with Crippen LogP contribution in [0.15, 0.2) is 29.8 Å². The molecule has 0 unspecified atom stereocenters. The number of benzene rings is 1. The highest BCUT2D eigenvalue weighted by Crippen LogP contribution is 2.20. The smallest absolute Gasteiger partial charge is 0.262 e. The zero-order valence-electron chi connectivity index (χ0n) is 12.0. The summed E-state index contributed by atoms with van der Waals surface area (Å²) in [5, 5.41) is 11.9. The fraction of sp³-hybridized carbons (Fsp3) is 0.375. The second-order valence-electron chi connectivity index (χ2n) is 4.76. The summed E-state index contributed by atoms with van der Waals surface area (Å²) in [5.41, 5.74) is 0.751. The van der Waals surface area contributed by atoms with Crippen molar-refractivity contribution in [1.29, 1.82) is 5.26 Å². The van der Waals surface area contributed by atoms with Crippen molar-refractivity contribution in [3.63, 3.8) is 0 Å². The molecule has 1 amide bonds. The van der Waals surface area contributed by atoms with Crippen LogP contribution >= 0.6 is 0 Å². The van der Waals surface area contributed by atoms with E-state index in [4.69, 9.17) is 14.7 Å². The van der Waals surface area contributed by atoms with Crippen LogP contribution in [0.25, 0.3) is 6.08 Å². The van der Waals surface area contributed by atoms with E-state index in [9.17, 15) is 4.79 Å². The quantitative estimate of drug-likeness (QED) is 0.663. The van der Waals surface area contributed by atoms with Gasteiger partial charge in [-0.25, -0.2) is 0 Å². The Labute approximate surface area is 124 Å². The lowest BCUT2D eigenvalue weighted by Crippen LogP contribution is -2.32. The zero-order valence-corrected chi connectivity index (χ0v) is 12.0. The van der Waals surface area contributed by atoms with Crippen LogP contribution in [0.4, 0.5) is 0 Å². The first-order chi connectivity index (χ1) is 10.2. The van der Waals surface area contributed by atoms with Gasteiger partial charge in [-0.1, -0.05) is 18.2 Å². The monoisotopic (exact) mass is 286 g/mol. The zero-order chi connectivity index (χ0) is 15.1. The summed E-state index contributed by atoms with van der Waals surface area (Å²) in [6, 6.07) is 9.17. The third-order valence-electron chi connectivity index (χ3n) is 3.32. The average Bonchev–Trinajstić information content (AvgIpc) is 3.04. The minimum absolute atomic E-state index is 0.0532. The number of nitriles is 1. The third-order valence-corrected chi connectivity index (χ3v) is 3.32. The van der Waals surface area contributed by atoms with Crippen molar-refractivity contribution in [3.8, 4) is 11.8 Å². The molecular formula is C16H18N2O3. The number of hydrogen-bond acceptors (Lipinski definition) is 4. The van der Waals surface area contributed by atoms with Gasteiger partial charge in [-0.3, -0.25) is 4.79 Å². The minimum Gasteiger partial charge on any atom is -0.496 e. The van der Waals surface area contributed by atoms with Gasteiger partial charge in [-0.05, 0) is 25.0 Å². The predicted molar refractivity (Wildman–Crippen MR) is 78.6 cm³/mol. The number of carbonyl (C=O) groups is 1. The lowest BCUT2D eigenvalue weighted by atomic mass is 10.1. The van der Waals surface area contributed by atoms with Crippen LogP contribution in [0.2, 0.25) is 0 Å². The van der Waals surface area contributed by atoms with Crippen LogP contribution in [0, 0.1) is 11.3 Å². The molecule has 5 heteroatoms. The molecule has 1 aromatic rings. The second-order valence-corrected chi connectivity index (χ2v) is 4.76. The molecule has 1 aliphatic heterocycles. The summed E-state index contributed by atoms with van der Waals surface area (Å²) < 4.78 is 10.6. The molecule has 0 aromatic heterocycles. The van der Waals surface area contributed by atoms with Crippen LogP contribution in [0.5, 0.6) is 5.75 Å². The Hall–Kier alpha value is -2.32. The SMILES string of the molecule is COc1ccccc1/C=C(\C#N)C(=O)NC[C@@H]1CCCO1. The molecule has 0 bridgehead atoms. The van der Waals surface area contributed by atoms with Gasteiger partial charge in [0.05, 0.1) is 13.2 Å². The first-order valence-electron chi connectivity index (χ1n) is 6.89. The maximum atomic E-state index is 12.0. The summed E-state index contributed by atoms with van der Waals surface area (Å²) in [6.45, 7) is 1.17. The number of ether oxygens (including phenoxy) is 2. The molecule has 5 nitrogen and oxygen atoms in total. The van der Waals surface area contributed by atoms with E-state index < -0.39 is 0 Å². The van der Waals surface area contributed by atoms with Gasteiger partial charge in [0.25, 0.3) is 5.91 Å². The van der Waals surface area contributed by atoms with Crippen LogP contribution in [0.1, 0.15) is 18.4 Å². The molecule has 1 aliphatic rings. The lowest BCUT2D eigenvalue weighted by molar-refractivity contribution is -0.117. The molecule has 2 rings (SSSR count). The van der Waals surface area contributed by atoms with Crippen molar-refractivity contribution >= 4 is 12.0 Å². The number of hydrogen-bond donors (Lipinski definition) is 1. The van der Waals surface area contributed by atoms with Crippen LogP contribution < -0.4 is 10.1 Å². The molecule has 1 N–H and O–H groups in total. The Bertz CT molecular complexity index is 569. The highest BCUT2D eigenvalue weighted by molar-refractivity contribution is 6.01. The molecule has 110 valence electrons. The Morgan fingerprint density at radius 2 is 2.38 bits per heavy atom. The van der Waals surface area contributed by atoms with E-state index in [0.29, 0.717) is 17.9 Å². The van der Waals surface area contributed by atoms with Gasteiger partial charge >= 0.3 is 0 Å².